The molecular weight excluding hydrogens is 654 g/mol. The first-order valence-corrected chi connectivity index (χ1v) is 18.2. The number of allylic oxidation sites excluding steroid dienone is 1. The molecule has 4 fully saturated rings. The summed E-state index contributed by atoms with van der Waals surface area (Å²) in [6.45, 7) is 10.3. The van der Waals surface area contributed by atoms with Crippen LogP contribution in [0.5, 0.6) is 0 Å². The van der Waals surface area contributed by atoms with Gasteiger partial charge in [-0.1, -0.05) is 38.1 Å². The molecule has 2 aliphatic carbocycles. The van der Waals surface area contributed by atoms with Crippen LogP contribution >= 0.6 is 0 Å². The van der Waals surface area contributed by atoms with E-state index >= 15 is 0 Å². The van der Waals surface area contributed by atoms with Crippen LogP contribution in [-0.2, 0) is 33.3 Å². The first kappa shape index (κ1) is 37.2. The summed E-state index contributed by atoms with van der Waals surface area (Å²) in [7, 11) is 3.85. The smallest absolute Gasteiger partial charge is 0.343 e. The van der Waals surface area contributed by atoms with E-state index in [4.69, 9.17) is 18.9 Å². The summed E-state index contributed by atoms with van der Waals surface area (Å²) < 4.78 is 22.9. The average Bonchev–Trinajstić information content (AvgIpc) is 3.83. The number of nitrogens with one attached hydrogen (secondary N) is 1. The molecule has 1 spiro atoms. The zero-order valence-corrected chi connectivity index (χ0v) is 30.6. The minimum Gasteiger partial charge on any atom is -0.462 e. The number of rotatable bonds is 10. The summed E-state index contributed by atoms with van der Waals surface area (Å²) in [5.74, 6) is -1.44. The van der Waals surface area contributed by atoms with Gasteiger partial charge in [0.05, 0.1) is 50.8 Å². The minimum atomic E-state index is -0.787. The van der Waals surface area contributed by atoms with Crippen molar-refractivity contribution in [2.75, 3.05) is 65.1 Å². The van der Waals surface area contributed by atoms with Crippen molar-refractivity contribution in [2.45, 2.75) is 70.7 Å². The molecular formula is C39H53N3O9. The van der Waals surface area contributed by atoms with Crippen LogP contribution in [0.25, 0.3) is 5.57 Å². The van der Waals surface area contributed by atoms with Crippen LogP contribution in [0.15, 0.2) is 53.8 Å². The van der Waals surface area contributed by atoms with Gasteiger partial charge >= 0.3 is 11.9 Å². The molecule has 3 aliphatic heterocycles. The molecule has 51 heavy (non-hydrogen) atoms. The molecule has 0 aromatic heterocycles. The Hall–Kier alpha value is -3.55. The molecule has 3 N–H and O–H groups in total. The Morgan fingerprint density at radius 1 is 1.18 bits per heavy atom. The first-order valence-electron chi connectivity index (χ1n) is 18.2. The molecule has 2 saturated carbocycles. The molecule has 5 aliphatic rings. The fourth-order valence-corrected chi connectivity index (χ4v) is 9.08. The summed E-state index contributed by atoms with van der Waals surface area (Å²) in [6.07, 6.45) is 6.44. The Kier molecular flexibility index (Phi) is 10.6. The third-order valence-electron chi connectivity index (χ3n) is 12.2. The lowest BCUT2D eigenvalue weighted by atomic mass is 9.44. The van der Waals surface area contributed by atoms with Gasteiger partial charge in [0.25, 0.3) is 0 Å². The molecule has 2 saturated heterocycles. The normalized spacial score (nSPS) is 34.9. The van der Waals surface area contributed by atoms with E-state index in [2.05, 4.69) is 12.2 Å². The number of benzene rings is 1. The van der Waals surface area contributed by atoms with Gasteiger partial charge in [-0.05, 0) is 68.2 Å². The van der Waals surface area contributed by atoms with Gasteiger partial charge in [0.2, 0.25) is 5.91 Å². The number of hydrogen-bond donors (Lipinski definition) is 3. The number of aliphatic hydroxyl groups excluding tert-OH is 2. The van der Waals surface area contributed by atoms with E-state index in [0.29, 0.717) is 57.7 Å². The van der Waals surface area contributed by atoms with Gasteiger partial charge < -0.3 is 44.3 Å². The van der Waals surface area contributed by atoms with Crippen molar-refractivity contribution < 1.29 is 43.5 Å². The van der Waals surface area contributed by atoms with Gasteiger partial charge in [0.1, 0.15) is 16.9 Å². The quantitative estimate of drug-likeness (QED) is 0.187. The van der Waals surface area contributed by atoms with E-state index in [-0.39, 0.29) is 53.9 Å². The highest BCUT2D eigenvalue weighted by molar-refractivity contribution is 6.19. The van der Waals surface area contributed by atoms with Gasteiger partial charge in [-0.3, -0.25) is 4.79 Å². The number of carbonyl (C=O) groups is 3. The summed E-state index contributed by atoms with van der Waals surface area (Å²) in [6, 6.07) is 6.61. The Morgan fingerprint density at radius 2 is 1.86 bits per heavy atom. The van der Waals surface area contributed by atoms with Crippen molar-refractivity contribution in [3.05, 3.63) is 59.4 Å². The Bertz CT molecular complexity index is 1590. The van der Waals surface area contributed by atoms with Gasteiger partial charge in [-0.25, -0.2) is 9.59 Å². The van der Waals surface area contributed by atoms with Crippen molar-refractivity contribution in [2.24, 2.45) is 22.7 Å². The van der Waals surface area contributed by atoms with Crippen LogP contribution in [0, 0.1) is 22.7 Å². The number of cyclic esters (lactones) is 1. The lowest BCUT2D eigenvalue weighted by molar-refractivity contribution is -0.174. The second kappa shape index (κ2) is 14.5. The Morgan fingerprint density at radius 3 is 2.47 bits per heavy atom. The van der Waals surface area contributed by atoms with E-state index in [1.807, 2.05) is 56.0 Å². The number of epoxide rings is 1. The van der Waals surface area contributed by atoms with Crippen LogP contribution in [0.1, 0.15) is 52.5 Å². The summed E-state index contributed by atoms with van der Waals surface area (Å²) in [5, 5.41) is 25.6. The number of nitrogens with zero attached hydrogens (tertiary/aromatic N) is 2. The summed E-state index contributed by atoms with van der Waals surface area (Å²) in [4.78, 5) is 43.9. The molecule has 8 atom stereocenters. The molecule has 1 aromatic carbocycles. The molecule has 12 nitrogen and oxygen atoms in total. The molecule has 278 valence electrons. The average molecular weight is 708 g/mol. The Labute approximate surface area is 300 Å². The SMILES string of the molecule is CCOC(=O)/C(=C1C=C(/C=C/C2C3(CO3)C(NC(C)C(=O)N3CCOCC3)CC3[C@]2(C)CC[C@@H](O)[C@@]3(C)CO)C(=O)O/1)c1ccc(N(C)C)cc1. The first-order chi connectivity index (χ1) is 24.3. The Balaban J connectivity index is 1.36. The minimum absolute atomic E-state index is 0.00458. The van der Waals surface area contributed by atoms with Crippen LogP contribution in [-0.4, -0.2) is 117 Å². The van der Waals surface area contributed by atoms with E-state index in [0.717, 1.165) is 5.69 Å². The van der Waals surface area contributed by atoms with E-state index < -0.39 is 40.5 Å². The molecule has 5 unspecified atom stereocenters. The van der Waals surface area contributed by atoms with Crippen LogP contribution < -0.4 is 10.2 Å². The lowest BCUT2D eigenvalue weighted by Crippen LogP contribution is -2.67. The number of carbonyl (C=O) groups excluding carboxylic acids is 3. The molecule has 1 aromatic rings. The summed E-state index contributed by atoms with van der Waals surface area (Å²) in [5.41, 5.74) is 0.0935. The van der Waals surface area contributed by atoms with Gasteiger partial charge in [-0.2, -0.15) is 0 Å². The maximum atomic E-state index is 13.5. The summed E-state index contributed by atoms with van der Waals surface area (Å²) >= 11 is 0. The predicted octanol–water partition coefficient (Wildman–Crippen LogP) is 2.84. The highest BCUT2D eigenvalue weighted by Crippen LogP contribution is 2.65. The van der Waals surface area contributed by atoms with Gasteiger partial charge in [0.15, 0.2) is 0 Å². The fourth-order valence-electron chi connectivity index (χ4n) is 9.08. The van der Waals surface area contributed by atoms with Crippen molar-refractivity contribution in [1.29, 1.82) is 0 Å². The van der Waals surface area contributed by atoms with Crippen molar-refractivity contribution in [3.63, 3.8) is 0 Å². The standard InChI is InChI=1S/C39H53N3O9/c1-7-49-36(47)33(25-8-11-27(12-9-25)41(5)6)28-20-26(35(46)51-28)10-13-29-37(3)15-14-32(44)38(4,22-43)30(37)21-31(39(29)23-50-39)40-24(2)34(45)42-16-18-48-19-17-42/h8-13,20,24,29-32,40,43-44H,7,14-19,21-23H2,1-6H3/b13-10+,33-28-/t24?,29?,30?,31?,32-,37-,38+,39?/m1/s1. The molecule has 0 bridgehead atoms. The van der Waals surface area contributed by atoms with Crippen LogP contribution in [0.4, 0.5) is 5.69 Å². The number of aliphatic hydroxyl groups is 2. The maximum absolute atomic E-state index is 13.5. The molecule has 12 heteroatoms. The van der Waals surface area contributed by atoms with Crippen molar-refractivity contribution >= 4 is 29.1 Å². The highest BCUT2D eigenvalue weighted by Gasteiger charge is 2.70. The maximum Gasteiger partial charge on any atom is 0.343 e. The van der Waals surface area contributed by atoms with Crippen molar-refractivity contribution in [1.82, 2.24) is 10.2 Å². The van der Waals surface area contributed by atoms with Crippen LogP contribution in [0.2, 0.25) is 0 Å². The number of hydrogen-bond acceptors (Lipinski definition) is 11. The molecule has 3 heterocycles. The number of ether oxygens (including phenoxy) is 4. The predicted molar refractivity (Wildman–Crippen MR) is 190 cm³/mol. The van der Waals surface area contributed by atoms with Crippen molar-refractivity contribution in [3.8, 4) is 0 Å². The number of morpholine rings is 1. The largest absolute Gasteiger partial charge is 0.462 e. The number of fused-ring (bicyclic) bond motifs is 1. The van der Waals surface area contributed by atoms with Crippen LogP contribution in [0.3, 0.4) is 0 Å². The topological polar surface area (TPSA) is 150 Å². The van der Waals surface area contributed by atoms with Gasteiger partial charge in [-0.15, -0.1) is 0 Å². The zero-order valence-electron chi connectivity index (χ0n) is 30.6. The van der Waals surface area contributed by atoms with E-state index in [1.54, 1.807) is 31.2 Å². The highest BCUT2D eigenvalue weighted by atomic mass is 16.6. The second-order valence-corrected chi connectivity index (χ2v) is 15.4. The van der Waals surface area contributed by atoms with E-state index in [1.165, 1.54) is 0 Å². The zero-order chi connectivity index (χ0) is 36.7. The third kappa shape index (κ3) is 6.77. The number of anilines is 1. The lowest BCUT2D eigenvalue weighted by Gasteiger charge is -2.62. The third-order valence-corrected chi connectivity index (χ3v) is 12.2. The van der Waals surface area contributed by atoms with E-state index in [9.17, 15) is 24.6 Å². The molecule has 1 amide bonds. The number of amides is 1. The van der Waals surface area contributed by atoms with Gasteiger partial charge in [0, 0.05) is 50.2 Å². The molecule has 6 rings (SSSR count). The number of esters is 2. The molecule has 0 radical (unpaired) electrons. The monoisotopic (exact) mass is 707 g/mol. The fraction of sp³-hybridized carbons (Fsp3) is 0.615. The second-order valence-electron chi connectivity index (χ2n) is 15.4.